The number of nitrogens with one attached hydrogen (secondary N) is 1. The molecule has 110 valence electrons. The van der Waals surface area contributed by atoms with Crippen LogP contribution in [0.5, 0.6) is 5.88 Å². The second kappa shape index (κ2) is 6.10. The van der Waals surface area contributed by atoms with E-state index in [2.05, 4.69) is 21.3 Å². The van der Waals surface area contributed by atoms with E-state index in [0.29, 0.717) is 11.4 Å². The van der Waals surface area contributed by atoms with Crippen LogP contribution in [0.2, 0.25) is 0 Å². The lowest BCUT2D eigenvalue weighted by molar-refractivity contribution is 0.201. The van der Waals surface area contributed by atoms with Gasteiger partial charge in [-0.2, -0.15) is 0 Å². The van der Waals surface area contributed by atoms with Gasteiger partial charge in [0.2, 0.25) is 5.88 Å². The van der Waals surface area contributed by atoms with E-state index in [-0.39, 0.29) is 0 Å². The zero-order chi connectivity index (χ0) is 13.8. The Morgan fingerprint density at radius 2 is 2.15 bits per heavy atom. The van der Waals surface area contributed by atoms with Gasteiger partial charge in [-0.1, -0.05) is 18.9 Å². The second-order valence-electron chi connectivity index (χ2n) is 6.15. The molecule has 0 radical (unpaired) electrons. The monoisotopic (exact) mass is 275 g/mol. The van der Waals surface area contributed by atoms with Crippen LogP contribution in [0.1, 0.15) is 37.8 Å². The number of methoxy groups -OCH3 is 1. The minimum Gasteiger partial charge on any atom is -0.481 e. The van der Waals surface area contributed by atoms with Crippen LogP contribution in [-0.4, -0.2) is 42.2 Å². The van der Waals surface area contributed by atoms with Crippen LogP contribution in [0.15, 0.2) is 18.2 Å². The Kier molecular flexibility index (Phi) is 4.22. The standard InChI is InChI=1S/C16H25N3O/c1-20-15-7-4-6-14(18-15)12-19-11-5-10-17-16(13-19)8-2-3-9-16/h4,6-7,17H,2-3,5,8-13H2,1H3. The van der Waals surface area contributed by atoms with E-state index in [1.807, 2.05) is 12.1 Å². The molecule has 3 rings (SSSR count). The maximum atomic E-state index is 5.22. The van der Waals surface area contributed by atoms with E-state index in [1.54, 1.807) is 7.11 Å². The average molecular weight is 275 g/mol. The SMILES string of the molecule is COc1cccc(CN2CCCNC3(CCCC3)C2)n1. The lowest BCUT2D eigenvalue weighted by Gasteiger charge is -2.33. The van der Waals surface area contributed by atoms with Crippen molar-refractivity contribution in [2.24, 2.45) is 0 Å². The topological polar surface area (TPSA) is 37.4 Å². The molecule has 0 atom stereocenters. The lowest BCUT2D eigenvalue weighted by Crippen LogP contribution is -2.49. The van der Waals surface area contributed by atoms with Crippen molar-refractivity contribution in [2.45, 2.75) is 44.2 Å². The number of hydrogen-bond acceptors (Lipinski definition) is 4. The highest BCUT2D eigenvalue weighted by atomic mass is 16.5. The Balaban J connectivity index is 1.68. The van der Waals surface area contributed by atoms with E-state index >= 15 is 0 Å². The van der Waals surface area contributed by atoms with Crippen LogP contribution in [0.4, 0.5) is 0 Å². The van der Waals surface area contributed by atoms with Gasteiger partial charge >= 0.3 is 0 Å². The van der Waals surface area contributed by atoms with Crippen molar-refractivity contribution in [2.75, 3.05) is 26.7 Å². The zero-order valence-electron chi connectivity index (χ0n) is 12.4. The predicted octanol–water partition coefficient (Wildman–Crippen LogP) is 2.20. The third kappa shape index (κ3) is 3.13. The number of ether oxygens (including phenoxy) is 1. The normalized spacial score (nSPS) is 22.9. The first-order valence-electron chi connectivity index (χ1n) is 7.77. The fourth-order valence-corrected chi connectivity index (χ4v) is 3.63. The van der Waals surface area contributed by atoms with Gasteiger partial charge in [-0.05, 0) is 38.4 Å². The lowest BCUT2D eigenvalue weighted by atomic mass is 9.97. The first kappa shape index (κ1) is 13.8. The fourth-order valence-electron chi connectivity index (χ4n) is 3.63. The molecule has 1 aromatic heterocycles. The quantitative estimate of drug-likeness (QED) is 0.917. The van der Waals surface area contributed by atoms with Crippen molar-refractivity contribution in [3.05, 3.63) is 23.9 Å². The van der Waals surface area contributed by atoms with Crippen LogP contribution >= 0.6 is 0 Å². The number of pyridine rings is 1. The molecule has 0 unspecified atom stereocenters. The summed E-state index contributed by atoms with van der Waals surface area (Å²) < 4.78 is 5.22. The highest BCUT2D eigenvalue weighted by Crippen LogP contribution is 2.32. The minimum atomic E-state index is 0.370. The number of rotatable bonds is 3. The van der Waals surface area contributed by atoms with E-state index in [4.69, 9.17) is 4.74 Å². The van der Waals surface area contributed by atoms with Gasteiger partial charge in [0.05, 0.1) is 12.8 Å². The van der Waals surface area contributed by atoms with Crippen LogP contribution < -0.4 is 10.1 Å². The number of aromatic nitrogens is 1. The fraction of sp³-hybridized carbons (Fsp3) is 0.688. The molecule has 4 heteroatoms. The molecule has 20 heavy (non-hydrogen) atoms. The highest BCUT2D eigenvalue weighted by Gasteiger charge is 2.36. The van der Waals surface area contributed by atoms with Crippen LogP contribution in [-0.2, 0) is 6.54 Å². The summed E-state index contributed by atoms with van der Waals surface area (Å²) in [6.07, 6.45) is 6.63. The zero-order valence-corrected chi connectivity index (χ0v) is 12.4. The number of hydrogen-bond donors (Lipinski definition) is 1. The summed E-state index contributed by atoms with van der Waals surface area (Å²) in [5.74, 6) is 0.714. The summed E-state index contributed by atoms with van der Waals surface area (Å²) in [7, 11) is 1.68. The van der Waals surface area contributed by atoms with Crippen LogP contribution in [0, 0.1) is 0 Å². The molecule has 1 saturated carbocycles. The van der Waals surface area contributed by atoms with Crippen molar-refractivity contribution in [3.8, 4) is 5.88 Å². The summed E-state index contributed by atoms with van der Waals surface area (Å²) >= 11 is 0. The molecule has 1 N–H and O–H groups in total. The summed E-state index contributed by atoms with van der Waals surface area (Å²) in [5.41, 5.74) is 1.48. The Morgan fingerprint density at radius 3 is 2.95 bits per heavy atom. The largest absolute Gasteiger partial charge is 0.481 e. The molecule has 2 aliphatic rings. The van der Waals surface area contributed by atoms with Gasteiger partial charge < -0.3 is 10.1 Å². The molecule has 4 nitrogen and oxygen atoms in total. The Morgan fingerprint density at radius 1 is 1.30 bits per heavy atom. The summed E-state index contributed by atoms with van der Waals surface area (Å²) in [5, 5.41) is 3.81. The Labute approximate surface area is 121 Å². The molecule has 0 amide bonds. The number of nitrogens with zero attached hydrogens (tertiary/aromatic N) is 2. The molecule has 1 aromatic rings. The Hall–Kier alpha value is -1.13. The summed E-state index contributed by atoms with van der Waals surface area (Å²) in [6, 6.07) is 6.04. The highest BCUT2D eigenvalue weighted by molar-refractivity contribution is 5.15. The van der Waals surface area contributed by atoms with Gasteiger partial charge in [0.15, 0.2) is 0 Å². The molecular weight excluding hydrogens is 250 g/mol. The first-order valence-corrected chi connectivity index (χ1v) is 7.77. The molecule has 1 aliphatic carbocycles. The van der Waals surface area contributed by atoms with Gasteiger partial charge in [-0.3, -0.25) is 4.90 Å². The van der Waals surface area contributed by atoms with Gasteiger partial charge in [0, 0.05) is 24.7 Å². The molecular formula is C16H25N3O. The molecule has 2 fully saturated rings. The third-order valence-corrected chi connectivity index (χ3v) is 4.61. The van der Waals surface area contributed by atoms with E-state index in [0.717, 1.165) is 31.9 Å². The van der Waals surface area contributed by atoms with E-state index in [9.17, 15) is 0 Å². The second-order valence-corrected chi connectivity index (χ2v) is 6.15. The maximum Gasteiger partial charge on any atom is 0.213 e. The van der Waals surface area contributed by atoms with Crippen molar-refractivity contribution in [3.63, 3.8) is 0 Å². The van der Waals surface area contributed by atoms with Crippen molar-refractivity contribution in [1.29, 1.82) is 0 Å². The molecule has 1 aliphatic heterocycles. The van der Waals surface area contributed by atoms with E-state index < -0.39 is 0 Å². The van der Waals surface area contributed by atoms with Gasteiger partial charge in [0.25, 0.3) is 0 Å². The van der Waals surface area contributed by atoms with Crippen molar-refractivity contribution < 1.29 is 4.74 Å². The van der Waals surface area contributed by atoms with Gasteiger partial charge in [-0.25, -0.2) is 4.98 Å². The van der Waals surface area contributed by atoms with Gasteiger partial charge in [-0.15, -0.1) is 0 Å². The first-order chi connectivity index (χ1) is 9.80. The third-order valence-electron chi connectivity index (χ3n) is 4.61. The smallest absolute Gasteiger partial charge is 0.213 e. The average Bonchev–Trinajstić information content (AvgIpc) is 2.82. The van der Waals surface area contributed by atoms with Gasteiger partial charge in [0.1, 0.15) is 0 Å². The maximum absolute atomic E-state index is 5.22. The molecule has 0 aromatic carbocycles. The Bertz CT molecular complexity index is 443. The summed E-state index contributed by atoms with van der Waals surface area (Å²) in [4.78, 5) is 7.11. The van der Waals surface area contributed by atoms with Crippen molar-refractivity contribution >= 4 is 0 Å². The van der Waals surface area contributed by atoms with Crippen LogP contribution in [0.25, 0.3) is 0 Å². The predicted molar refractivity (Wildman–Crippen MR) is 79.9 cm³/mol. The molecule has 1 spiro atoms. The minimum absolute atomic E-state index is 0.370. The molecule has 0 bridgehead atoms. The van der Waals surface area contributed by atoms with Crippen molar-refractivity contribution in [1.82, 2.24) is 15.2 Å². The molecule has 1 saturated heterocycles. The summed E-state index contributed by atoms with van der Waals surface area (Å²) in [6.45, 7) is 4.40. The van der Waals surface area contributed by atoms with E-state index in [1.165, 1.54) is 32.1 Å². The van der Waals surface area contributed by atoms with Crippen LogP contribution in [0.3, 0.4) is 0 Å². The molecule has 2 heterocycles.